The molecule has 0 saturated heterocycles. The summed E-state index contributed by atoms with van der Waals surface area (Å²) in [5, 5.41) is 0.595. The minimum absolute atomic E-state index is 0.0181. The summed E-state index contributed by atoms with van der Waals surface area (Å²) in [6, 6.07) is 13.7. The summed E-state index contributed by atoms with van der Waals surface area (Å²) in [6.07, 6.45) is 2.36. The first-order valence-electron chi connectivity index (χ1n) is 8.34. The lowest BCUT2D eigenvalue weighted by atomic mass is 10.1. The molecule has 134 valence electrons. The fraction of sp³-hybridized carbons (Fsp3) is 0.190. The van der Waals surface area contributed by atoms with Gasteiger partial charge >= 0.3 is 0 Å². The molecular formula is C21H19ClFNO2. The molecule has 2 aromatic carbocycles. The zero-order valence-electron chi connectivity index (χ0n) is 14.6. The van der Waals surface area contributed by atoms with Crippen LogP contribution in [-0.2, 0) is 0 Å². The van der Waals surface area contributed by atoms with E-state index in [0.717, 1.165) is 17.0 Å². The third-order valence-corrected chi connectivity index (χ3v) is 4.16. The first-order chi connectivity index (χ1) is 12.5. The Morgan fingerprint density at radius 1 is 1.19 bits per heavy atom. The van der Waals surface area contributed by atoms with Crippen LogP contribution in [0.5, 0.6) is 5.75 Å². The standard InChI is InChI=1S/C21H19ClFNO2/c1-14(2)13-26-21-8-5-16(22)11-18(21)20-4-3-9-24(20)17-6-7-19(23)15(10-17)12-25/h3-12,14H,13H2,1-2H3. The van der Waals surface area contributed by atoms with Crippen molar-refractivity contribution in [3.8, 4) is 22.7 Å². The minimum Gasteiger partial charge on any atom is -0.493 e. The van der Waals surface area contributed by atoms with Crippen LogP contribution in [0, 0.1) is 11.7 Å². The number of carbonyl (C=O) groups excluding carboxylic acids is 1. The third kappa shape index (κ3) is 3.81. The fourth-order valence-corrected chi connectivity index (χ4v) is 2.85. The van der Waals surface area contributed by atoms with E-state index in [0.29, 0.717) is 29.5 Å². The van der Waals surface area contributed by atoms with Gasteiger partial charge in [0.25, 0.3) is 0 Å². The molecule has 1 aromatic heterocycles. The molecule has 0 spiro atoms. The smallest absolute Gasteiger partial charge is 0.153 e. The molecular weight excluding hydrogens is 353 g/mol. The van der Waals surface area contributed by atoms with Gasteiger partial charge in [0.15, 0.2) is 6.29 Å². The molecule has 3 rings (SSSR count). The largest absolute Gasteiger partial charge is 0.493 e. The summed E-state index contributed by atoms with van der Waals surface area (Å²) in [4.78, 5) is 11.1. The summed E-state index contributed by atoms with van der Waals surface area (Å²) in [6.45, 7) is 4.75. The van der Waals surface area contributed by atoms with Gasteiger partial charge in [-0.2, -0.15) is 0 Å². The van der Waals surface area contributed by atoms with Crippen LogP contribution < -0.4 is 4.74 Å². The van der Waals surface area contributed by atoms with Crippen molar-refractivity contribution in [3.05, 3.63) is 71.1 Å². The van der Waals surface area contributed by atoms with E-state index >= 15 is 0 Å². The van der Waals surface area contributed by atoms with E-state index in [-0.39, 0.29) is 5.56 Å². The number of hydrogen-bond acceptors (Lipinski definition) is 2. The van der Waals surface area contributed by atoms with E-state index in [1.54, 1.807) is 12.1 Å². The lowest BCUT2D eigenvalue weighted by Crippen LogP contribution is -2.06. The Labute approximate surface area is 157 Å². The zero-order valence-corrected chi connectivity index (χ0v) is 15.3. The first-order valence-corrected chi connectivity index (χ1v) is 8.72. The molecule has 3 aromatic rings. The molecule has 0 aliphatic carbocycles. The Balaban J connectivity index is 2.09. The SMILES string of the molecule is CC(C)COc1ccc(Cl)cc1-c1cccn1-c1ccc(F)c(C=O)c1. The molecule has 0 saturated carbocycles. The Morgan fingerprint density at radius 3 is 2.73 bits per heavy atom. The van der Waals surface area contributed by atoms with Crippen molar-refractivity contribution >= 4 is 17.9 Å². The number of hydrogen-bond donors (Lipinski definition) is 0. The number of nitrogens with zero attached hydrogens (tertiary/aromatic N) is 1. The van der Waals surface area contributed by atoms with Crippen LogP contribution in [0.2, 0.25) is 5.02 Å². The topological polar surface area (TPSA) is 31.2 Å². The molecule has 26 heavy (non-hydrogen) atoms. The Morgan fingerprint density at radius 2 is 2.00 bits per heavy atom. The van der Waals surface area contributed by atoms with Gasteiger partial charge in [-0.15, -0.1) is 0 Å². The van der Waals surface area contributed by atoms with Crippen LogP contribution in [0.15, 0.2) is 54.7 Å². The summed E-state index contributed by atoms with van der Waals surface area (Å²) in [5.41, 5.74) is 2.38. The number of benzene rings is 2. The fourth-order valence-electron chi connectivity index (χ4n) is 2.68. The number of halogens is 2. The van der Waals surface area contributed by atoms with Crippen LogP contribution >= 0.6 is 11.6 Å². The Hall–Kier alpha value is -2.59. The van der Waals surface area contributed by atoms with Crippen LogP contribution in [0.4, 0.5) is 4.39 Å². The van der Waals surface area contributed by atoms with Crippen LogP contribution in [0.3, 0.4) is 0 Å². The maximum atomic E-state index is 13.7. The average Bonchev–Trinajstić information content (AvgIpc) is 3.10. The van der Waals surface area contributed by atoms with Gasteiger partial charge in [-0.05, 0) is 54.4 Å². The lowest BCUT2D eigenvalue weighted by Gasteiger charge is -2.16. The van der Waals surface area contributed by atoms with Crippen molar-refractivity contribution in [2.75, 3.05) is 6.61 Å². The number of ether oxygens (including phenoxy) is 1. The molecule has 0 atom stereocenters. The molecule has 1 heterocycles. The maximum absolute atomic E-state index is 13.7. The zero-order chi connectivity index (χ0) is 18.7. The summed E-state index contributed by atoms with van der Waals surface area (Å²) in [7, 11) is 0. The highest BCUT2D eigenvalue weighted by Gasteiger charge is 2.14. The van der Waals surface area contributed by atoms with Gasteiger partial charge in [0.05, 0.1) is 17.9 Å². The minimum atomic E-state index is -0.541. The highest BCUT2D eigenvalue weighted by molar-refractivity contribution is 6.31. The van der Waals surface area contributed by atoms with Crippen molar-refractivity contribution in [1.82, 2.24) is 4.57 Å². The van der Waals surface area contributed by atoms with Crippen molar-refractivity contribution in [1.29, 1.82) is 0 Å². The first kappa shape index (κ1) is 18.2. The van der Waals surface area contributed by atoms with Gasteiger partial charge in [-0.3, -0.25) is 4.79 Å². The number of rotatable bonds is 6. The lowest BCUT2D eigenvalue weighted by molar-refractivity contribution is 0.112. The van der Waals surface area contributed by atoms with Crippen LogP contribution in [-0.4, -0.2) is 17.5 Å². The molecule has 0 bridgehead atoms. The third-order valence-electron chi connectivity index (χ3n) is 3.92. The monoisotopic (exact) mass is 371 g/mol. The van der Waals surface area contributed by atoms with Crippen molar-refractivity contribution < 1.29 is 13.9 Å². The van der Waals surface area contributed by atoms with Gasteiger partial charge in [0.2, 0.25) is 0 Å². The summed E-state index contributed by atoms with van der Waals surface area (Å²) in [5.74, 6) is 0.569. The predicted octanol–water partition coefficient (Wildman–Crippen LogP) is 5.78. The van der Waals surface area contributed by atoms with E-state index in [2.05, 4.69) is 13.8 Å². The second kappa shape index (κ2) is 7.75. The van der Waals surface area contributed by atoms with E-state index < -0.39 is 5.82 Å². The number of carbonyl (C=O) groups is 1. The maximum Gasteiger partial charge on any atom is 0.153 e. The normalized spacial score (nSPS) is 11.0. The highest BCUT2D eigenvalue weighted by atomic mass is 35.5. The molecule has 0 aliphatic rings. The summed E-state index contributed by atoms with van der Waals surface area (Å²) < 4.78 is 21.5. The van der Waals surface area contributed by atoms with Gasteiger partial charge in [-0.1, -0.05) is 25.4 Å². The highest BCUT2D eigenvalue weighted by Crippen LogP contribution is 2.34. The van der Waals surface area contributed by atoms with E-state index in [1.165, 1.54) is 12.1 Å². The molecule has 0 fully saturated rings. The molecule has 5 heteroatoms. The second-order valence-corrected chi connectivity index (χ2v) is 6.87. The average molecular weight is 372 g/mol. The molecule has 0 radical (unpaired) electrons. The quantitative estimate of drug-likeness (QED) is 0.514. The molecule has 0 amide bonds. The van der Waals surface area contributed by atoms with Crippen molar-refractivity contribution in [2.45, 2.75) is 13.8 Å². The molecule has 0 N–H and O–H groups in total. The Bertz CT molecular complexity index is 934. The van der Waals surface area contributed by atoms with Gasteiger partial charge < -0.3 is 9.30 Å². The van der Waals surface area contributed by atoms with Crippen LogP contribution in [0.1, 0.15) is 24.2 Å². The van der Waals surface area contributed by atoms with Crippen molar-refractivity contribution in [3.63, 3.8) is 0 Å². The van der Waals surface area contributed by atoms with Gasteiger partial charge in [-0.25, -0.2) is 4.39 Å². The van der Waals surface area contributed by atoms with E-state index in [1.807, 2.05) is 35.0 Å². The van der Waals surface area contributed by atoms with Gasteiger partial charge in [0.1, 0.15) is 11.6 Å². The Kier molecular flexibility index (Phi) is 5.43. The number of aromatic nitrogens is 1. The molecule has 0 unspecified atom stereocenters. The summed E-state index contributed by atoms with van der Waals surface area (Å²) >= 11 is 6.20. The van der Waals surface area contributed by atoms with E-state index in [9.17, 15) is 9.18 Å². The number of aldehydes is 1. The van der Waals surface area contributed by atoms with Crippen molar-refractivity contribution in [2.24, 2.45) is 5.92 Å². The molecule has 3 nitrogen and oxygen atoms in total. The predicted molar refractivity (Wildman–Crippen MR) is 102 cm³/mol. The second-order valence-electron chi connectivity index (χ2n) is 6.43. The van der Waals surface area contributed by atoms with Crippen LogP contribution in [0.25, 0.3) is 16.9 Å². The van der Waals surface area contributed by atoms with Gasteiger partial charge in [0, 0.05) is 22.5 Å². The van der Waals surface area contributed by atoms with E-state index in [4.69, 9.17) is 16.3 Å². The molecule has 0 aliphatic heterocycles.